The van der Waals surface area contributed by atoms with Crippen LogP contribution in [0.5, 0.6) is 5.75 Å². The van der Waals surface area contributed by atoms with Gasteiger partial charge in [0.05, 0.1) is 12.5 Å². The van der Waals surface area contributed by atoms with Crippen molar-refractivity contribution in [2.24, 2.45) is 5.73 Å². The Morgan fingerprint density at radius 3 is 1.79 bits per heavy atom. The largest absolute Gasteiger partial charge is 0.508 e. The van der Waals surface area contributed by atoms with Gasteiger partial charge in [0.15, 0.2) is 0 Å². The van der Waals surface area contributed by atoms with Crippen LogP contribution in [-0.4, -0.2) is 74.9 Å². The SMILES string of the molecule is NC(CC(=O)O)C(=O)NC(CS)C(=O)NC(Cc1ccc(O)cc1)C(=O)NC(Cc1ccccc1)C(=O)O. The number of carbonyl (C=O) groups is 5. The first-order valence-corrected chi connectivity index (χ1v) is 12.2. The smallest absolute Gasteiger partial charge is 0.326 e. The van der Waals surface area contributed by atoms with Gasteiger partial charge >= 0.3 is 11.9 Å². The molecule has 4 atom stereocenters. The van der Waals surface area contributed by atoms with Crippen molar-refractivity contribution in [3.8, 4) is 5.75 Å². The third kappa shape index (κ3) is 9.75. The lowest BCUT2D eigenvalue weighted by Gasteiger charge is -2.24. The molecule has 12 nitrogen and oxygen atoms in total. The molecule has 0 spiro atoms. The molecule has 0 heterocycles. The summed E-state index contributed by atoms with van der Waals surface area (Å²) >= 11 is 4.05. The Kier molecular flexibility index (Phi) is 11.6. The number of thiol groups is 1. The maximum Gasteiger partial charge on any atom is 0.326 e. The van der Waals surface area contributed by atoms with E-state index in [9.17, 15) is 34.2 Å². The summed E-state index contributed by atoms with van der Waals surface area (Å²) < 4.78 is 0. The van der Waals surface area contributed by atoms with Crippen LogP contribution in [-0.2, 0) is 36.8 Å². The van der Waals surface area contributed by atoms with Gasteiger partial charge in [-0.15, -0.1) is 0 Å². The topological polar surface area (TPSA) is 208 Å². The fourth-order valence-electron chi connectivity index (χ4n) is 3.43. The van der Waals surface area contributed by atoms with Crippen molar-refractivity contribution in [2.75, 3.05) is 5.75 Å². The number of carboxylic acids is 2. The molecule has 0 aromatic heterocycles. The van der Waals surface area contributed by atoms with E-state index in [1.165, 1.54) is 24.3 Å². The zero-order chi connectivity index (χ0) is 28.2. The van der Waals surface area contributed by atoms with E-state index < -0.39 is 60.2 Å². The van der Waals surface area contributed by atoms with Crippen molar-refractivity contribution in [3.63, 3.8) is 0 Å². The van der Waals surface area contributed by atoms with Crippen molar-refractivity contribution >= 4 is 42.3 Å². The molecule has 8 N–H and O–H groups in total. The number of carboxylic acid groups (broad SMARTS) is 2. The predicted molar refractivity (Wildman–Crippen MR) is 139 cm³/mol. The van der Waals surface area contributed by atoms with Crippen LogP contribution in [0.15, 0.2) is 54.6 Å². The zero-order valence-electron chi connectivity index (χ0n) is 20.2. The lowest BCUT2D eigenvalue weighted by molar-refractivity contribution is -0.142. The van der Waals surface area contributed by atoms with Crippen LogP contribution < -0.4 is 21.7 Å². The van der Waals surface area contributed by atoms with Crippen LogP contribution in [0.25, 0.3) is 0 Å². The van der Waals surface area contributed by atoms with E-state index in [2.05, 4.69) is 28.6 Å². The number of hydrogen-bond donors (Lipinski definition) is 8. The molecule has 0 saturated heterocycles. The summed E-state index contributed by atoms with van der Waals surface area (Å²) in [4.78, 5) is 61.0. The first-order chi connectivity index (χ1) is 18.0. The molecule has 0 bridgehead atoms. The van der Waals surface area contributed by atoms with Crippen molar-refractivity contribution in [1.82, 2.24) is 16.0 Å². The van der Waals surface area contributed by atoms with Crippen LogP contribution in [0.4, 0.5) is 0 Å². The van der Waals surface area contributed by atoms with Gasteiger partial charge in [-0.3, -0.25) is 19.2 Å². The van der Waals surface area contributed by atoms with Crippen LogP contribution in [0.3, 0.4) is 0 Å². The number of phenols is 1. The number of aromatic hydroxyl groups is 1. The molecule has 0 saturated carbocycles. The Morgan fingerprint density at radius 2 is 1.24 bits per heavy atom. The number of benzene rings is 2. The van der Waals surface area contributed by atoms with Crippen molar-refractivity contribution < 1.29 is 39.3 Å². The standard InChI is InChI=1S/C25H30N4O8S/c26-17(12-21(31)32)22(33)29-20(13-38)24(35)27-18(10-15-6-8-16(30)9-7-15)23(34)28-19(25(36)37)11-14-4-2-1-3-5-14/h1-9,17-20,30,38H,10-13,26H2,(H,27,35)(H,28,34)(H,29,33)(H,31,32)(H,36,37). The van der Waals surface area contributed by atoms with E-state index in [0.29, 0.717) is 11.1 Å². The second kappa shape index (κ2) is 14.6. The normalized spacial score (nSPS) is 13.8. The van der Waals surface area contributed by atoms with Gasteiger partial charge in [-0.05, 0) is 23.3 Å². The van der Waals surface area contributed by atoms with Crippen molar-refractivity contribution in [2.45, 2.75) is 43.4 Å². The minimum Gasteiger partial charge on any atom is -0.508 e. The summed E-state index contributed by atoms with van der Waals surface area (Å²) in [6, 6.07) is 9.28. The number of hydrogen-bond acceptors (Lipinski definition) is 8. The monoisotopic (exact) mass is 546 g/mol. The fraction of sp³-hybridized carbons (Fsp3) is 0.320. The summed E-state index contributed by atoms with van der Waals surface area (Å²) in [7, 11) is 0. The van der Waals surface area contributed by atoms with E-state index in [-0.39, 0.29) is 24.3 Å². The molecule has 3 amide bonds. The van der Waals surface area contributed by atoms with Crippen LogP contribution >= 0.6 is 12.6 Å². The number of nitrogens with two attached hydrogens (primary N) is 1. The summed E-state index contributed by atoms with van der Waals surface area (Å²) in [5, 5.41) is 35.3. The van der Waals surface area contributed by atoms with Gasteiger partial charge in [0, 0.05) is 18.6 Å². The third-order valence-electron chi connectivity index (χ3n) is 5.45. The van der Waals surface area contributed by atoms with E-state index in [1.54, 1.807) is 30.3 Å². The Morgan fingerprint density at radius 1 is 0.737 bits per heavy atom. The molecular weight excluding hydrogens is 516 g/mol. The number of phenolic OH excluding ortho intramolecular Hbond substituents is 1. The number of carbonyl (C=O) groups excluding carboxylic acids is 3. The highest BCUT2D eigenvalue weighted by atomic mass is 32.1. The number of aliphatic carboxylic acids is 2. The maximum atomic E-state index is 13.2. The van der Waals surface area contributed by atoms with E-state index in [0.717, 1.165) is 0 Å². The highest BCUT2D eigenvalue weighted by Crippen LogP contribution is 2.12. The molecular formula is C25H30N4O8S. The lowest BCUT2D eigenvalue weighted by atomic mass is 10.0. The minimum atomic E-state index is -1.41. The third-order valence-corrected chi connectivity index (χ3v) is 5.82. The fourth-order valence-corrected chi connectivity index (χ4v) is 3.68. The van der Waals surface area contributed by atoms with E-state index in [4.69, 9.17) is 10.8 Å². The predicted octanol–water partition coefficient (Wildman–Crippen LogP) is -0.552. The number of rotatable bonds is 14. The maximum absolute atomic E-state index is 13.2. The van der Waals surface area contributed by atoms with Crippen LogP contribution in [0.1, 0.15) is 17.5 Å². The average Bonchev–Trinajstić information content (AvgIpc) is 2.87. The van der Waals surface area contributed by atoms with Gasteiger partial charge in [0.25, 0.3) is 0 Å². The van der Waals surface area contributed by atoms with Gasteiger partial charge < -0.3 is 37.0 Å². The minimum absolute atomic E-state index is 0.00141. The number of amides is 3. The van der Waals surface area contributed by atoms with E-state index in [1.807, 2.05) is 0 Å². The summed E-state index contributed by atoms with van der Waals surface area (Å²) in [6.45, 7) is 0. The van der Waals surface area contributed by atoms with Crippen molar-refractivity contribution in [1.29, 1.82) is 0 Å². The lowest BCUT2D eigenvalue weighted by Crippen LogP contribution is -2.58. The van der Waals surface area contributed by atoms with Gasteiger partial charge in [0.1, 0.15) is 23.9 Å². The molecule has 2 aromatic rings. The van der Waals surface area contributed by atoms with Crippen LogP contribution in [0.2, 0.25) is 0 Å². The Bertz CT molecular complexity index is 1130. The summed E-state index contributed by atoms with van der Waals surface area (Å²) in [6.07, 6.45) is -0.726. The molecule has 0 radical (unpaired) electrons. The highest BCUT2D eigenvalue weighted by molar-refractivity contribution is 7.80. The van der Waals surface area contributed by atoms with Crippen LogP contribution in [0, 0.1) is 0 Å². The molecule has 4 unspecified atom stereocenters. The van der Waals surface area contributed by atoms with Gasteiger partial charge in [-0.25, -0.2) is 4.79 Å². The van der Waals surface area contributed by atoms with Crippen molar-refractivity contribution in [3.05, 3.63) is 65.7 Å². The molecule has 38 heavy (non-hydrogen) atoms. The Hall–Kier alpha value is -4.10. The first kappa shape index (κ1) is 30.1. The Balaban J connectivity index is 2.20. The molecule has 0 aliphatic heterocycles. The highest BCUT2D eigenvalue weighted by Gasteiger charge is 2.30. The second-order valence-electron chi connectivity index (χ2n) is 8.47. The molecule has 2 rings (SSSR count). The first-order valence-electron chi connectivity index (χ1n) is 11.5. The molecule has 0 aliphatic carbocycles. The molecule has 0 fully saturated rings. The summed E-state index contributed by atoms with van der Waals surface area (Å²) in [5.41, 5.74) is 6.77. The van der Waals surface area contributed by atoms with Gasteiger partial charge in [-0.2, -0.15) is 12.6 Å². The molecule has 0 aliphatic rings. The van der Waals surface area contributed by atoms with Gasteiger partial charge in [0.2, 0.25) is 17.7 Å². The zero-order valence-corrected chi connectivity index (χ0v) is 21.1. The molecule has 13 heteroatoms. The number of nitrogens with one attached hydrogen (secondary N) is 3. The second-order valence-corrected chi connectivity index (χ2v) is 8.83. The molecule has 204 valence electrons. The quantitative estimate of drug-likeness (QED) is 0.143. The average molecular weight is 547 g/mol. The van der Waals surface area contributed by atoms with Gasteiger partial charge in [-0.1, -0.05) is 42.5 Å². The Labute approximate surface area is 224 Å². The summed E-state index contributed by atoms with van der Waals surface area (Å²) in [5.74, 6) is -5.28. The molecule has 2 aromatic carbocycles. The van der Waals surface area contributed by atoms with E-state index >= 15 is 0 Å².